The third-order valence-corrected chi connectivity index (χ3v) is 2.30. The Balaban J connectivity index is 2.02. The number of anilines is 2. The van der Waals surface area contributed by atoms with Crippen LogP contribution in [0.5, 0.6) is 0 Å². The molecule has 0 radical (unpaired) electrons. The Morgan fingerprint density at radius 3 is 2.80 bits per heavy atom. The molecule has 1 aliphatic heterocycles. The molecule has 1 fully saturated rings. The molecule has 0 aliphatic carbocycles. The smallest absolute Gasteiger partial charge is 0.128 e. The summed E-state index contributed by atoms with van der Waals surface area (Å²) in [4.78, 5) is 11.3. The first-order chi connectivity index (χ1) is 7.40. The molecule has 0 spiro atoms. The summed E-state index contributed by atoms with van der Waals surface area (Å²) in [6, 6.07) is 3.92. The van der Waals surface area contributed by atoms with E-state index in [4.69, 9.17) is 9.57 Å². The van der Waals surface area contributed by atoms with Crippen molar-refractivity contribution in [2.24, 2.45) is 0 Å². The van der Waals surface area contributed by atoms with Gasteiger partial charge in [0.25, 0.3) is 0 Å². The quantitative estimate of drug-likeness (QED) is 0.749. The predicted molar refractivity (Wildman–Crippen MR) is 57.9 cm³/mol. The molecule has 1 aliphatic rings. The first-order valence-corrected chi connectivity index (χ1v) is 4.98. The van der Waals surface area contributed by atoms with Crippen LogP contribution < -0.4 is 10.4 Å². The van der Waals surface area contributed by atoms with E-state index >= 15 is 0 Å². The lowest BCUT2D eigenvalue weighted by atomic mass is 10.3. The zero-order valence-electron chi connectivity index (χ0n) is 8.77. The lowest BCUT2D eigenvalue weighted by Gasteiger charge is -2.27. The van der Waals surface area contributed by atoms with Crippen LogP contribution >= 0.6 is 0 Å². The molecule has 5 nitrogen and oxygen atoms in total. The highest BCUT2D eigenvalue weighted by molar-refractivity contribution is 5.47. The molecule has 1 aromatic rings. The number of rotatable bonds is 3. The number of nitrogens with one attached hydrogen (secondary N) is 1. The average Bonchev–Trinajstić information content (AvgIpc) is 2.32. The summed E-state index contributed by atoms with van der Waals surface area (Å²) in [6.45, 7) is 3.37. The van der Waals surface area contributed by atoms with Crippen LogP contribution in [0.1, 0.15) is 0 Å². The highest BCUT2D eigenvalue weighted by Gasteiger charge is 2.11. The summed E-state index contributed by atoms with van der Waals surface area (Å²) in [5.41, 5.74) is 3.59. The van der Waals surface area contributed by atoms with Gasteiger partial charge in [-0.1, -0.05) is 0 Å². The first-order valence-electron chi connectivity index (χ1n) is 4.98. The van der Waals surface area contributed by atoms with Gasteiger partial charge in [0.2, 0.25) is 0 Å². The summed E-state index contributed by atoms with van der Waals surface area (Å²) in [6.07, 6.45) is 1.76. The zero-order chi connectivity index (χ0) is 10.5. The van der Waals surface area contributed by atoms with Gasteiger partial charge < -0.3 is 9.64 Å². The molecule has 0 saturated carbocycles. The van der Waals surface area contributed by atoms with Crippen LogP contribution in [0.2, 0.25) is 0 Å². The highest BCUT2D eigenvalue weighted by Crippen LogP contribution is 2.15. The van der Waals surface area contributed by atoms with Crippen LogP contribution in [0.3, 0.4) is 0 Å². The van der Waals surface area contributed by atoms with Crippen molar-refractivity contribution in [2.45, 2.75) is 0 Å². The molecular formula is C10H15N3O2. The standard InChI is InChI=1S/C10H15N3O2/c1-14-12-9-2-3-10(11-8-9)13-4-6-15-7-5-13/h2-3,8,12H,4-7H2,1H3. The molecule has 0 bridgehead atoms. The number of ether oxygens (including phenoxy) is 1. The van der Waals surface area contributed by atoms with E-state index in [0.29, 0.717) is 0 Å². The van der Waals surface area contributed by atoms with Crippen LogP contribution in [0, 0.1) is 0 Å². The van der Waals surface area contributed by atoms with E-state index in [9.17, 15) is 0 Å². The van der Waals surface area contributed by atoms with Crippen molar-refractivity contribution in [3.05, 3.63) is 18.3 Å². The molecule has 15 heavy (non-hydrogen) atoms. The van der Waals surface area contributed by atoms with Crippen LogP contribution in [0.4, 0.5) is 11.5 Å². The molecule has 2 rings (SSSR count). The van der Waals surface area contributed by atoms with Gasteiger partial charge in [-0.3, -0.25) is 10.3 Å². The molecule has 0 unspecified atom stereocenters. The van der Waals surface area contributed by atoms with Crippen molar-refractivity contribution in [2.75, 3.05) is 43.8 Å². The third-order valence-electron chi connectivity index (χ3n) is 2.30. The van der Waals surface area contributed by atoms with E-state index in [0.717, 1.165) is 37.8 Å². The Morgan fingerprint density at radius 2 is 2.20 bits per heavy atom. The van der Waals surface area contributed by atoms with Gasteiger partial charge in [0, 0.05) is 13.1 Å². The maximum absolute atomic E-state index is 5.28. The van der Waals surface area contributed by atoms with Gasteiger partial charge in [-0.2, -0.15) is 0 Å². The number of hydrogen-bond donors (Lipinski definition) is 1. The van der Waals surface area contributed by atoms with Crippen molar-refractivity contribution < 1.29 is 9.57 Å². The topological polar surface area (TPSA) is 46.6 Å². The number of aromatic nitrogens is 1. The lowest BCUT2D eigenvalue weighted by molar-refractivity contribution is 0.122. The first kappa shape index (κ1) is 10.2. The van der Waals surface area contributed by atoms with Gasteiger partial charge in [0.15, 0.2) is 0 Å². The fourth-order valence-electron chi connectivity index (χ4n) is 1.54. The minimum Gasteiger partial charge on any atom is -0.378 e. The van der Waals surface area contributed by atoms with E-state index in [2.05, 4.69) is 15.4 Å². The summed E-state index contributed by atoms with van der Waals surface area (Å²) < 4.78 is 5.28. The Bertz CT molecular complexity index is 296. The highest BCUT2D eigenvalue weighted by atomic mass is 16.6. The molecule has 0 aromatic carbocycles. The second-order valence-corrected chi connectivity index (χ2v) is 3.31. The van der Waals surface area contributed by atoms with E-state index in [1.54, 1.807) is 13.3 Å². The Morgan fingerprint density at radius 1 is 1.40 bits per heavy atom. The SMILES string of the molecule is CONc1ccc(N2CCOCC2)nc1. The minimum atomic E-state index is 0.778. The van der Waals surface area contributed by atoms with Gasteiger partial charge in [-0.05, 0) is 12.1 Å². The zero-order valence-corrected chi connectivity index (χ0v) is 8.77. The lowest BCUT2D eigenvalue weighted by Crippen LogP contribution is -2.36. The van der Waals surface area contributed by atoms with Gasteiger partial charge >= 0.3 is 0 Å². The van der Waals surface area contributed by atoms with Crippen molar-refractivity contribution >= 4 is 11.5 Å². The second kappa shape index (κ2) is 4.95. The Labute approximate surface area is 89.0 Å². The van der Waals surface area contributed by atoms with E-state index in [-0.39, 0.29) is 0 Å². The predicted octanol–water partition coefficient (Wildman–Crippen LogP) is 0.891. The van der Waals surface area contributed by atoms with Crippen LogP contribution in [-0.2, 0) is 9.57 Å². The number of pyridine rings is 1. The van der Waals surface area contributed by atoms with Crippen LogP contribution in [0.25, 0.3) is 0 Å². The second-order valence-electron chi connectivity index (χ2n) is 3.31. The third kappa shape index (κ3) is 2.57. The Kier molecular flexibility index (Phi) is 3.37. The normalized spacial score (nSPS) is 16.5. The van der Waals surface area contributed by atoms with Crippen molar-refractivity contribution in [1.29, 1.82) is 0 Å². The number of hydrogen-bond acceptors (Lipinski definition) is 5. The van der Waals surface area contributed by atoms with Crippen LogP contribution in [0.15, 0.2) is 18.3 Å². The fourth-order valence-corrected chi connectivity index (χ4v) is 1.54. The van der Waals surface area contributed by atoms with Crippen molar-refractivity contribution in [1.82, 2.24) is 4.98 Å². The Hall–Kier alpha value is -1.33. The molecule has 5 heteroatoms. The molecule has 1 saturated heterocycles. The molecule has 1 N–H and O–H groups in total. The average molecular weight is 209 g/mol. The molecular weight excluding hydrogens is 194 g/mol. The van der Waals surface area contributed by atoms with Gasteiger partial charge in [-0.15, -0.1) is 0 Å². The van der Waals surface area contributed by atoms with E-state index < -0.39 is 0 Å². The largest absolute Gasteiger partial charge is 0.378 e. The van der Waals surface area contributed by atoms with Crippen LogP contribution in [-0.4, -0.2) is 38.4 Å². The number of nitrogens with zero attached hydrogens (tertiary/aromatic N) is 2. The summed E-state index contributed by atoms with van der Waals surface area (Å²) in [5, 5.41) is 0. The molecule has 1 aromatic heterocycles. The van der Waals surface area contributed by atoms with Gasteiger partial charge in [0.05, 0.1) is 32.2 Å². The summed E-state index contributed by atoms with van der Waals surface area (Å²) in [7, 11) is 1.58. The molecule has 2 heterocycles. The molecule has 82 valence electrons. The molecule has 0 atom stereocenters. The summed E-state index contributed by atoms with van der Waals surface area (Å²) >= 11 is 0. The monoisotopic (exact) mass is 209 g/mol. The van der Waals surface area contributed by atoms with Gasteiger partial charge in [0.1, 0.15) is 5.82 Å². The van der Waals surface area contributed by atoms with Crippen molar-refractivity contribution in [3.8, 4) is 0 Å². The maximum atomic E-state index is 5.28. The summed E-state index contributed by atoms with van der Waals surface area (Å²) in [5.74, 6) is 0.986. The number of morpholine rings is 1. The minimum absolute atomic E-state index is 0.778. The van der Waals surface area contributed by atoms with Gasteiger partial charge in [-0.25, -0.2) is 4.98 Å². The van der Waals surface area contributed by atoms with E-state index in [1.165, 1.54) is 0 Å². The van der Waals surface area contributed by atoms with E-state index in [1.807, 2.05) is 12.1 Å². The maximum Gasteiger partial charge on any atom is 0.128 e. The fraction of sp³-hybridized carbons (Fsp3) is 0.500. The molecule has 0 amide bonds. The van der Waals surface area contributed by atoms with Crippen molar-refractivity contribution in [3.63, 3.8) is 0 Å².